The second-order valence-corrected chi connectivity index (χ2v) is 21.0. The van der Waals surface area contributed by atoms with Crippen LogP contribution in [-0.4, -0.2) is 69.2 Å². The van der Waals surface area contributed by atoms with Crippen molar-refractivity contribution >= 4 is 46.4 Å². The van der Waals surface area contributed by atoms with Crippen molar-refractivity contribution in [1.82, 2.24) is 0 Å². The number of aliphatic imine (C=N–C) groups is 2. The molecule has 58 heavy (non-hydrogen) atoms. The Bertz CT molecular complexity index is 2060. The third kappa shape index (κ3) is 8.29. The molecule has 0 unspecified atom stereocenters. The molecule has 2 atom stereocenters. The number of ether oxygens (including phenoxy) is 6. The van der Waals surface area contributed by atoms with E-state index < -0.39 is 68.6 Å². The lowest BCUT2D eigenvalue weighted by Crippen LogP contribution is -2.53. The number of hydrogen-bond acceptors (Lipinski definition) is 12. The van der Waals surface area contributed by atoms with Gasteiger partial charge in [0, 0.05) is 11.1 Å². The average molecular weight is 801 g/mol. The van der Waals surface area contributed by atoms with Crippen LogP contribution in [0.2, 0.25) is 0 Å². The van der Waals surface area contributed by atoms with E-state index in [1.807, 2.05) is 12.1 Å². The molecule has 0 saturated heterocycles. The van der Waals surface area contributed by atoms with Crippen LogP contribution in [0.1, 0.15) is 136 Å². The van der Waals surface area contributed by atoms with Crippen molar-refractivity contribution in [2.75, 3.05) is 0 Å². The van der Waals surface area contributed by atoms with Gasteiger partial charge in [-0.05, 0) is 135 Å². The fourth-order valence-electron chi connectivity index (χ4n) is 7.20. The van der Waals surface area contributed by atoms with E-state index in [1.54, 1.807) is 149 Å². The molecule has 0 aromatic heterocycles. The number of benzene rings is 2. The van der Waals surface area contributed by atoms with Gasteiger partial charge in [0.05, 0.1) is 11.1 Å². The molecule has 12 heteroatoms. The van der Waals surface area contributed by atoms with Gasteiger partial charge in [0.1, 0.15) is 44.7 Å². The lowest BCUT2D eigenvalue weighted by Gasteiger charge is -2.42. The Morgan fingerprint density at radius 2 is 0.759 bits per heavy atom. The van der Waals surface area contributed by atoms with Gasteiger partial charge in [0.15, 0.2) is 0 Å². The molecule has 0 radical (unpaired) electrons. The van der Waals surface area contributed by atoms with Crippen molar-refractivity contribution in [1.29, 1.82) is 0 Å². The summed E-state index contributed by atoms with van der Waals surface area (Å²) >= 11 is 0. The van der Waals surface area contributed by atoms with Crippen LogP contribution in [0.3, 0.4) is 0 Å². The molecular formula is C46H60N2O10. The molecule has 12 nitrogen and oxygen atoms in total. The van der Waals surface area contributed by atoms with Crippen LogP contribution in [0, 0.1) is 0 Å². The highest BCUT2D eigenvalue weighted by Gasteiger charge is 2.77. The predicted molar refractivity (Wildman–Crippen MR) is 221 cm³/mol. The Hall–Kier alpha value is -5.00. The highest BCUT2D eigenvalue weighted by Crippen LogP contribution is 2.68. The fraction of sp³-hybridized carbons (Fsp3) is 0.565. The van der Waals surface area contributed by atoms with E-state index in [0.717, 1.165) is 0 Å². The maximum Gasteiger partial charge on any atom is 0.344 e. The summed E-state index contributed by atoms with van der Waals surface area (Å²) in [6.45, 7) is 31.2. The minimum absolute atomic E-state index is 0.251. The summed E-state index contributed by atoms with van der Waals surface area (Å²) in [7, 11) is 0. The number of carbonyl (C=O) groups is 4. The molecule has 2 aromatic rings. The monoisotopic (exact) mass is 800 g/mol. The zero-order valence-corrected chi connectivity index (χ0v) is 37.4. The Morgan fingerprint density at radius 1 is 0.466 bits per heavy atom. The number of nitrogens with zero attached hydrogens (tertiary/aromatic N) is 2. The van der Waals surface area contributed by atoms with Crippen LogP contribution >= 0.6 is 0 Å². The smallest absolute Gasteiger partial charge is 0.344 e. The van der Waals surface area contributed by atoms with E-state index >= 15 is 9.59 Å². The summed E-state index contributed by atoms with van der Waals surface area (Å²) in [5.74, 6) is -4.29. The van der Waals surface area contributed by atoms with Gasteiger partial charge in [0.25, 0.3) is 0 Å². The first kappa shape index (κ1) is 44.1. The molecule has 0 amide bonds. The van der Waals surface area contributed by atoms with E-state index in [1.165, 1.54) is 0 Å². The first-order valence-corrected chi connectivity index (χ1v) is 19.6. The molecule has 2 aromatic carbocycles. The van der Waals surface area contributed by atoms with Gasteiger partial charge < -0.3 is 28.4 Å². The van der Waals surface area contributed by atoms with Gasteiger partial charge in [-0.1, -0.05) is 36.4 Å². The topological polar surface area (TPSA) is 148 Å². The lowest BCUT2D eigenvalue weighted by molar-refractivity contribution is -0.163. The van der Waals surface area contributed by atoms with Crippen molar-refractivity contribution < 1.29 is 47.6 Å². The quantitative estimate of drug-likeness (QED) is 0.217. The maximum absolute atomic E-state index is 15.3. The largest absolute Gasteiger partial charge is 0.456 e. The highest BCUT2D eigenvalue weighted by molar-refractivity contribution is 6.28. The number of fused-ring (bicyclic) bond motifs is 3. The molecule has 1 aliphatic carbocycles. The Kier molecular flexibility index (Phi) is 10.5. The third-order valence-electron chi connectivity index (χ3n) is 8.58. The lowest BCUT2D eigenvalue weighted by atomic mass is 9.70. The van der Waals surface area contributed by atoms with Gasteiger partial charge in [-0.25, -0.2) is 29.2 Å². The number of carbonyl (C=O) groups excluding carboxylic acids is 4. The molecule has 0 saturated carbocycles. The fourth-order valence-corrected chi connectivity index (χ4v) is 7.20. The van der Waals surface area contributed by atoms with Crippen LogP contribution in [0.15, 0.2) is 68.7 Å². The van der Waals surface area contributed by atoms with E-state index in [9.17, 15) is 9.59 Å². The van der Waals surface area contributed by atoms with Crippen LogP contribution in [0.25, 0.3) is 10.8 Å². The Balaban J connectivity index is 2.15. The van der Waals surface area contributed by atoms with Gasteiger partial charge in [0.2, 0.25) is 23.0 Å². The van der Waals surface area contributed by atoms with Crippen molar-refractivity contribution in [2.24, 2.45) is 9.98 Å². The Labute approximate surface area is 342 Å². The molecule has 0 N–H and O–H groups in total. The van der Waals surface area contributed by atoms with Gasteiger partial charge in [-0.3, -0.25) is 0 Å². The molecule has 314 valence electrons. The Morgan fingerprint density at radius 3 is 1.03 bits per heavy atom. The molecule has 2 heterocycles. The normalized spacial score (nSPS) is 22.6. The summed E-state index contributed by atoms with van der Waals surface area (Å²) in [5.41, 5.74) is -11.3. The van der Waals surface area contributed by atoms with Crippen molar-refractivity contribution in [3.05, 3.63) is 69.8 Å². The van der Waals surface area contributed by atoms with E-state index in [4.69, 9.17) is 38.4 Å². The average Bonchev–Trinajstić information content (AvgIpc) is 3.57. The van der Waals surface area contributed by atoms with Crippen molar-refractivity contribution in [2.45, 2.75) is 169 Å². The maximum atomic E-state index is 15.3. The van der Waals surface area contributed by atoms with Crippen LogP contribution < -0.4 is 0 Å². The summed E-state index contributed by atoms with van der Waals surface area (Å²) in [6.07, 6.45) is 0. The second-order valence-electron chi connectivity index (χ2n) is 21.0. The predicted octanol–water partition coefficient (Wildman–Crippen LogP) is 8.66. The van der Waals surface area contributed by atoms with E-state index in [2.05, 4.69) is 0 Å². The zero-order valence-electron chi connectivity index (χ0n) is 37.4. The van der Waals surface area contributed by atoms with Crippen LogP contribution in [0.5, 0.6) is 0 Å². The zero-order chi connectivity index (χ0) is 44.0. The van der Waals surface area contributed by atoms with Crippen molar-refractivity contribution in [3.8, 4) is 0 Å². The van der Waals surface area contributed by atoms with E-state index in [0.29, 0.717) is 21.9 Å². The molecule has 0 bridgehead atoms. The summed E-state index contributed by atoms with van der Waals surface area (Å²) in [6, 6.07) is 10.7. The van der Waals surface area contributed by atoms with Crippen LogP contribution in [-0.2, 0) is 58.8 Å². The van der Waals surface area contributed by atoms with Gasteiger partial charge in [-0.15, -0.1) is 0 Å². The highest BCUT2D eigenvalue weighted by atomic mass is 16.6. The molecule has 5 rings (SSSR count). The molecule has 3 aliphatic rings. The molecule has 0 fully saturated rings. The second kappa shape index (κ2) is 13.8. The summed E-state index contributed by atoms with van der Waals surface area (Å²) in [4.78, 5) is 70.0. The SMILES string of the molecule is CC(C)(C)N=C1O[C@]2(C(C(=O)OC(C)(C)C)=C1C(=O)OC(C)(C)C)c1cccc3cccc(c13)[C@@]21OC(=NC(C)(C)C)C(C(=O)OC(C)(C)C)=C1C(=O)OC(C)(C)C. The van der Waals surface area contributed by atoms with E-state index in [-0.39, 0.29) is 34.1 Å². The summed E-state index contributed by atoms with van der Waals surface area (Å²) < 4.78 is 38.8. The minimum atomic E-state index is -2.30. The molecule has 2 spiro atoms. The van der Waals surface area contributed by atoms with Crippen LogP contribution in [0.4, 0.5) is 0 Å². The number of hydrogen-bond donors (Lipinski definition) is 0. The first-order valence-electron chi connectivity index (χ1n) is 19.6. The standard InChI is InChI=1S/C46H60N2O10/c1-39(2,3)47-33-29(35(49)55-41(7,8)9)31(37(51)57-43(13,14)15)45(53-33)26-23-19-21-25-22-20-24-27(28(25)26)46(45)32(38(52)58-44(16,17)18)30(36(50)56-42(10,11)12)34(54-46)48-40(4,5)6/h19-24H,1-18H3/t45-,46-/m0/s1. The van der Waals surface area contributed by atoms with Crippen molar-refractivity contribution in [3.63, 3.8) is 0 Å². The summed E-state index contributed by atoms with van der Waals surface area (Å²) in [5, 5.41) is 1.22. The van der Waals surface area contributed by atoms with Gasteiger partial charge >= 0.3 is 23.9 Å². The first-order chi connectivity index (χ1) is 26.1. The third-order valence-corrected chi connectivity index (χ3v) is 8.58. The minimum Gasteiger partial charge on any atom is -0.456 e. The van der Waals surface area contributed by atoms with Gasteiger partial charge in [-0.2, -0.15) is 0 Å². The molecular weight excluding hydrogens is 741 g/mol. The number of esters is 4. The molecule has 2 aliphatic heterocycles. The number of rotatable bonds is 4.